The number of anilines is 2. The van der Waals surface area contributed by atoms with Crippen molar-refractivity contribution in [3.8, 4) is 0 Å². The monoisotopic (exact) mass is 508 g/mol. The van der Waals surface area contributed by atoms with Crippen LogP contribution in [0.1, 0.15) is 73.1 Å². The molecule has 7 nitrogen and oxygen atoms in total. The van der Waals surface area contributed by atoms with Gasteiger partial charge in [0.2, 0.25) is 0 Å². The number of amides is 1. The van der Waals surface area contributed by atoms with Crippen molar-refractivity contribution in [3.63, 3.8) is 0 Å². The van der Waals surface area contributed by atoms with Gasteiger partial charge in [-0.25, -0.2) is 9.97 Å². The van der Waals surface area contributed by atoms with E-state index in [0.717, 1.165) is 66.2 Å². The van der Waals surface area contributed by atoms with Crippen molar-refractivity contribution in [1.82, 2.24) is 15.3 Å². The molecule has 0 fully saturated rings. The smallest absolute Gasteiger partial charge is 0.263 e. The number of aromatic nitrogens is 2. The van der Waals surface area contributed by atoms with Gasteiger partial charge in [0.15, 0.2) is 0 Å². The summed E-state index contributed by atoms with van der Waals surface area (Å²) in [6.45, 7) is 11.3. The highest BCUT2D eigenvalue weighted by molar-refractivity contribution is 7.21. The molecule has 1 amide bonds. The predicted molar refractivity (Wildman–Crippen MR) is 151 cm³/mol. The zero-order valence-corrected chi connectivity index (χ0v) is 22.9. The fourth-order valence-corrected chi connectivity index (χ4v) is 5.87. The Hall–Kier alpha value is -2.71. The molecule has 4 rings (SSSR count). The van der Waals surface area contributed by atoms with Crippen molar-refractivity contribution in [2.45, 2.75) is 72.3 Å². The predicted octanol–water partition coefficient (Wildman–Crippen LogP) is 4.85. The van der Waals surface area contributed by atoms with E-state index in [4.69, 9.17) is 16.5 Å². The molecule has 194 valence electrons. The molecular formula is C28H40N6OS. The van der Waals surface area contributed by atoms with Crippen LogP contribution in [0, 0.1) is 12.3 Å². The summed E-state index contributed by atoms with van der Waals surface area (Å²) in [5.74, 6) is 0.895. The molecule has 0 aliphatic heterocycles. The van der Waals surface area contributed by atoms with Gasteiger partial charge in [0.05, 0.1) is 5.69 Å². The standard InChI is InChI=1S/C28H40N6OS/c1-5-28(3,4)13-6-15-34(16-14-29)23-12-8-19-17-20(9-11-22(19)33-23)32-26(35)25-24(30)21-10-7-18(2)31-27(21)36-25/h7-8,10,12,20H,5-6,9,11,13-17,29-30H2,1-4H3,(H,32,35). The van der Waals surface area contributed by atoms with Gasteiger partial charge in [-0.3, -0.25) is 4.79 Å². The molecule has 1 aliphatic carbocycles. The van der Waals surface area contributed by atoms with Gasteiger partial charge in [0.1, 0.15) is 15.5 Å². The third-order valence-corrected chi connectivity index (χ3v) is 8.60. The largest absolute Gasteiger partial charge is 0.397 e. The normalized spacial score (nSPS) is 15.6. The first kappa shape index (κ1) is 26.4. The number of carbonyl (C=O) groups excluding carboxylic acids is 1. The number of nitrogens with two attached hydrogens (primary N) is 2. The van der Waals surface area contributed by atoms with Crippen LogP contribution < -0.4 is 21.7 Å². The van der Waals surface area contributed by atoms with Crippen molar-refractivity contribution < 1.29 is 4.79 Å². The van der Waals surface area contributed by atoms with Crippen LogP contribution in [-0.2, 0) is 12.8 Å². The summed E-state index contributed by atoms with van der Waals surface area (Å²) in [6, 6.07) is 8.22. The molecule has 3 aromatic heterocycles. The van der Waals surface area contributed by atoms with E-state index in [1.807, 2.05) is 19.1 Å². The summed E-state index contributed by atoms with van der Waals surface area (Å²) in [5, 5.41) is 4.06. The van der Waals surface area contributed by atoms with Crippen LogP contribution >= 0.6 is 11.3 Å². The van der Waals surface area contributed by atoms with Crippen molar-refractivity contribution >= 4 is 39.0 Å². The Bertz CT molecular complexity index is 1220. The lowest BCUT2D eigenvalue weighted by atomic mass is 9.85. The molecule has 36 heavy (non-hydrogen) atoms. The zero-order valence-electron chi connectivity index (χ0n) is 22.1. The number of carbonyl (C=O) groups is 1. The van der Waals surface area contributed by atoms with Crippen molar-refractivity contribution in [2.24, 2.45) is 11.1 Å². The Morgan fingerprint density at radius 2 is 2.03 bits per heavy atom. The molecule has 0 saturated carbocycles. The minimum absolute atomic E-state index is 0.0633. The molecule has 0 radical (unpaired) electrons. The van der Waals surface area contributed by atoms with E-state index in [0.29, 0.717) is 22.5 Å². The number of rotatable bonds is 10. The summed E-state index contributed by atoms with van der Waals surface area (Å²) >= 11 is 1.36. The van der Waals surface area contributed by atoms with Crippen LogP contribution in [0.5, 0.6) is 0 Å². The highest BCUT2D eigenvalue weighted by Crippen LogP contribution is 2.33. The second-order valence-corrected chi connectivity index (χ2v) is 11.7. The van der Waals surface area contributed by atoms with Crippen LogP contribution in [-0.4, -0.2) is 41.6 Å². The maximum atomic E-state index is 13.1. The van der Waals surface area contributed by atoms with E-state index in [1.165, 1.54) is 29.7 Å². The molecule has 5 N–H and O–H groups in total. The number of hydrogen-bond acceptors (Lipinski definition) is 7. The minimum Gasteiger partial charge on any atom is -0.397 e. The molecule has 3 heterocycles. The average molecular weight is 509 g/mol. The average Bonchev–Trinajstić information content (AvgIpc) is 3.18. The van der Waals surface area contributed by atoms with Gasteiger partial charge in [-0.1, -0.05) is 33.3 Å². The van der Waals surface area contributed by atoms with E-state index >= 15 is 0 Å². The summed E-state index contributed by atoms with van der Waals surface area (Å²) in [6.07, 6.45) is 5.98. The third kappa shape index (κ3) is 5.98. The zero-order chi connectivity index (χ0) is 25.9. The van der Waals surface area contributed by atoms with E-state index in [9.17, 15) is 4.79 Å². The van der Waals surface area contributed by atoms with Crippen LogP contribution in [0.25, 0.3) is 10.2 Å². The highest BCUT2D eigenvalue weighted by Gasteiger charge is 2.25. The number of thiophene rings is 1. The molecule has 1 atom stereocenters. The van der Waals surface area contributed by atoms with Crippen molar-refractivity contribution in [3.05, 3.63) is 46.1 Å². The Morgan fingerprint density at radius 3 is 2.78 bits per heavy atom. The summed E-state index contributed by atoms with van der Waals surface area (Å²) in [7, 11) is 0. The topological polar surface area (TPSA) is 110 Å². The lowest BCUT2D eigenvalue weighted by Gasteiger charge is -2.29. The van der Waals surface area contributed by atoms with Crippen LogP contribution in [0.4, 0.5) is 11.5 Å². The lowest BCUT2D eigenvalue weighted by molar-refractivity contribution is 0.0938. The van der Waals surface area contributed by atoms with E-state index < -0.39 is 0 Å². The number of nitrogen functional groups attached to an aromatic ring is 1. The first-order valence-corrected chi connectivity index (χ1v) is 13.9. The Kier molecular flexibility index (Phi) is 8.15. The maximum absolute atomic E-state index is 13.1. The number of nitrogens with zero attached hydrogens (tertiary/aromatic N) is 3. The van der Waals surface area contributed by atoms with E-state index in [-0.39, 0.29) is 11.9 Å². The molecule has 0 aromatic carbocycles. The lowest BCUT2D eigenvalue weighted by Crippen LogP contribution is -2.39. The second-order valence-electron chi connectivity index (χ2n) is 10.7. The van der Waals surface area contributed by atoms with Gasteiger partial charge in [-0.15, -0.1) is 11.3 Å². The van der Waals surface area contributed by atoms with Crippen molar-refractivity contribution in [1.29, 1.82) is 0 Å². The van der Waals surface area contributed by atoms with Gasteiger partial charge in [-0.2, -0.15) is 0 Å². The quantitative estimate of drug-likeness (QED) is 0.361. The fraction of sp³-hybridized carbons (Fsp3) is 0.536. The van der Waals surface area contributed by atoms with Crippen molar-refractivity contribution in [2.75, 3.05) is 30.3 Å². The van der Waals surface area contributed by atoms with Gasteiger partial charge >= 0.3 is 0 Å². The summed E-state index contributed by atoms with van der Waals surface area (Å²) < 4.78 is 0. The van der Waals surface area contributed by atoms with Crippen LogP contribution in [0.2, 0.25) is 0 Å². The van der Waals surface area contributed by atoms with E-state index in [1.54, 1.807) is 0 Å². The maximum Gasteiger partial charge on any atom is 0.263 e. The molecule has 0 bridgehead atoms. The second kappa shape index (κ2) is 11.1. The number of pyridine rings is 2. The number of aryl methyl sites for hydroxylation is 2. The van der Waals surface area contributed by atoms with Crippen LogP contribution in [0.3, 0.4) is 0 Å². The summed E-state index contributed by atoms with van der Waals surface area (Å²) in [4.78, 5) is 26.3. The number of hydrogen-bond donors (Lipinski definition) is 3. The number of nitrogens with one attached hydrogen (secondary N) is 1. The fourth-order valence-electron chi connectivity index (χ4n) is 4.83. The van der Waals surface area contributed by atoms with Gasteiger partial charge in [-0.05, 0) is 68.2 Å². The highest BCUT2D eigenvalue weighted by atomic mass is 32.1. The molecular weight excluding hydrogens is 468 g/mol. The molecule has 8 heteroatoms. The molecule has 1 aliphatic rings. The molecule has 0 spiro atoms. The Morgan fingerprint density at radius 1 is 1.22 bits per heavy atom. The molecule has 1 unspecified atom stereocenters. The molecule has 0 saturated heterocycles. The number of fused-ring (bicyclic) bond motifs is 2. The van der Waals surface area contributed by atoms with Gasteiger partial charge in [0, 0.05) is 42.5 Å². The van der Waals surface area contributed by atoms with Gasteiger partial charge < -0.3 is 21.7 Å². The molecule has 3 aromatic rings. The first-order valence-electron chi connectivity index (χ1n) is 13.1. The minimum atomic E-state index is -0.115. The Labute approximate surface area is 218 Å². The van der Waals surface area contributed by atoms with Crippen LogP contribution in [0.15, 0.2) is 24.3 Å². The third-order valence-electron chi connectivity index (χ3n) is 7.49. The Balaban J connectivity index is 1.41. The first-order chi connectivity index (χ1) is 17.2. The van der Waals surface area contributed by atoms with Gasteiger partial charge in [0.25, 0.3) is 5.91 Å². The summed E-state index contributed by atoms with van der Waals surface area (Å²) in [5.41, 5.74) is 16.4. The SMILES string of the molecule is CCC(C)(C)CCCN(CCN)c1ccc2c(n1)CCC(NC(=O)c1sc3nc(C)ccc3c1N)C2. The van der Waals surface area contributed by atoms with E-state index in [2.05, 4.69) is 48.1 Å².